The Bertz CT molecular complexity index is 684. The second-order valence-corrected chi connectivity index (χ2v) is 6.68. The number of aliphatic hydroxyl groups excluding tert-OH is 2. The van der Waals surface area contributed by atoms with Gasteiger partial charge in [0, 0.05) is 12.3 Å². The van der Waals surface area contributed by atoms with E-state index in [4.69, 9.17) is 9.47 Å². The molecule has 0 amide bonds. The van der Waals surface area contributed by atoms with E-state index in [1.807, 2.05) is 25.1 Å². The van der Waals surface area contributed by atoms with Gasteiger partial charge in [-0.1, -0.05) is 23.8 Å². The minimum atomic E-state index is -1.08. The Kier molecular flexibility index (Phi) is 3.30. The number of esters is 2. The maximum atomic E-state index is 12.1. The number of fused-ring (bicyclic) bond motifs is 3. The van der Waals surface area contributed by atoms with Crippen LogP contribution in [0.5, 0.6) is 0 Å². The molecule has 6 atom stereocenters. The summed E-state index contributed by atoms with van der Waals surface area (Å²) in [5.74, 6) is -2.53. The highest BCUT2D eigenvalue weighted by Gasteiger charge is 2.53. The standard InChI is InChI=1S/C17H18O6/c1-7-2-3-8-9(11-6-13(18)22-15(11)19)5-12-14(10(8)4-7)17(21)23-16(12)20/h2-4,9,11-15,18-19H,5-6H2,1H3. The summed E-state index contributed by atoms with van der Waals surface area (Å²) >= 11 is 0. The van der Waals surface area contributed by atoms with Crippen molar-refractivity contribution in [3.63, 3.8) is 0 Å². The van der Waals surface area contributed by atoms with Crippen LogP contribution in [0.25, 0.3) is 0 Å². The average molecular weight is 318 g/mol. The lowest BCUT2D eigenvalue weighted by atomic mass is 9.66. The van der Waals surface area contributed by atoms with E-state index in [2.05, 4.69) is 0 Å². The highest BCUT2D eigenvalue weighted by atomic mass is 16.7. The van der Waals surface area contributed by atoms with Gasteiger partial charge in [-0.3, -0.25) is 9.59 Å². The van der Waals surface area contributed by atoms with Crippen LogP contribution < -0.4 is 0 Å². The molecule has 2 saturated heterocycles. The van der Waals surface area contributed by atoms with Crippen molar-refractivity contribution in [1.29, 1.82) is 0 Å². The molecule has 1 aromatic carbocycles. The predicted molar refractivity (Wildman–Crippen MR) is 77.1 cm³/mol. The molecule has 0 aromatic heterocycles. The van der Waals surface area contributed by atoms with Gasteiger partial charge < -0.3 is 19.7 Å². The molecule has 23 heavy (non-hydrogen) atoms. The van der Waals surface area contributed by atoms with E-state index in [0.717, 1.165) is 16.7 Å². The molecule has 0 spiro atoms. The van der Waals surface area contributed by atoms with Gasteiger partial charge in [-0.25, -0.2) is 0 Å². The summed E-state index contributed by atoms with van der Waals surface area (Å²) in [5.41, 5.74) is 2.74. The van der Waals surface area contributed by atoms with Crippen LogP contribution in [0.2, 0.25) is 0 Å². The number of carbonyl (C=O) groups excluding carboxylic acids is 2. The van der Waals surface area contributed by atoms with Crippen LogP contribution in [-0.4, -0.2) is 34.7 Å². The molecule has 1 aromatic rings. The van der Waals surface area contributed by atoms with Crippen LogP contribution in [0.4, 0.5) is 0 Å². The SMILES string of the molecule is Cc1ccc2c(c1)C1C(=O)OC(=O)C1CC2C1CC(O)OC1O. The Hall–Kier alpha value is -1.76. The third-order valence-corrected chi connectivity index (χ3v) is 5.30. The van der Waals surface area contributed by atoms with Gasteiger partial charge >= 0.3 is 11.9 Å². The molecule has 2 heterocycles. The van der Waals surface area contributed by atoms with Gasteiger partial charge in [-0.2, -0.15) is 0 Å². The van der Waals surface area contributed by atoms with Crippen LogP contribution in [0, 0.1) is 18.8 Å². The van der Waals surface area contributed by atoms with Gasteiger partial charge in [0.2, 0.25) is 0 Å². The molecule has 0 saturated carbocycles. The summed E-state index contributed by atoms with van der Waals surface area (Å²) in [5, 5.41) is 19.7. The van der Waals surface area contributed by atoms with Crippen LogP contribution in [0.1, 0.15) is 41.4 Å². The van der Waals surface area contributed by atoms with E-state index >= 15 is 0 Å². The normalized spacial score (nSPS) is 39.1. The largest absolute Gasteiger partial charge is 0.392 e. The minimum Gasteiger partial charge on any atom is -0.392 e. The fourth-order valence-electron chi connectivity index (χ4n) is 4.25. The molecule has 6 unspecified atom stereocenters. The first kappa shape index (κ1) is 14.8. The van der Waals surface area contributed by atoms with Crippen molar-refractivity contribution >= 4 is 11.9 Å². The lowest BCUT2D eigenvalue weighted by Gasteiger charge is -2.35. The number of carbonyl (C=O) groups is 2. The molecule has 0 bridgehead atoms. The Morgan fingerprint density at radius 2 is 1.83 bits per heavy atom. The molecule has 4 rings (SSSR count). The quantitative estimate of drug-likeness (QED) is 0.591. The van der Waals surface area contributed by atoms with Crippen molar-refractivity contribution in [2.24, 2.45) is 11.8 Å². The third kappa shape index (κ3) is 2.21. The van der Waals surface area contributed by atoms with Gasteiger partial charge in [0.15, 0.2) is 12.6 Å². The molecule has 1 aliphatic carbocycles. The topological polar surface area (TPSA) is 93.1 Å². The molecule has 2 aliphatic heterocycles. The van der Waals surface area contributed by atoms with Crippen LogP contribution in [-0.2, 0) is 19.1 Å². The zero-order chi connectivity index (χ0) is 16.3. The van der Waals surface area contributed by atoms with Crippen LogP contribution >= 0.6 is 0 Å². The predicted octanol–water partition coefficient (Wildman–Crippen LogP) is 0.939. The molecule has 6 nitrogen and oxygen atoms in total. The van der Waals surface area contributed by atoms with Gasteiger partial charge in [0.1, 0.15) is 0 Å². The molecular weight excluding hydrogens is 300 g/mol. The number of benzene rings is 1. The Balaban J connectivity index is 1.80. The van der Waals surface area contributed by atoms with Gasteiger partial charge in [-0.15, -0.1) is 0 Å². The van der Waals surface area contributed by atoms with Crippen molar-refractivity contribution in [3.8, 4) is 0 Å². The first-order chi connectivity index (χ1) is 11.0. The van der Waals surface area contributed by atoms with Crippen molar-refractivity contribution in [3.05, 3.63) is 34.9 Å². The zero-order valence-corrected chi connectivity index (χ0v) is 12.6. The fraction of sp³-hybridized carbons (Fsp3) is 0.529. The average Bonchev–Trinajstić information content (AvgIpc) is 2.97. The molecule has 2 fully saturated rings. The van der Waals surface area contributed by atoms with Crippen LogP contribution in [0.3, 0.4) is 0 Å². The first-order valence-corrected chi connectivity index (χ1v) is 7.83. The second kappa shape index (κ2) is 5.12. The zero-order valence-electron chi connectivity index (χ0n) is 12.6. The van der Waals surface area contributed by atoms with E-state index in [0.29, 0.717) is 12.8 Å². The third-order valence-electron chi connectivity index (χ3n) is 5.30. The smallest absolute Gasteiger partial charge is 0.321 e. The van der Waals surface area contributed by atoms with Crippen LogP contribution in [0.15, 0.2) is 18.2 Å². The van der Waals surface area contributed by atoms with E-state index < -0.39 is 36.4 Å². The number of aliphatic hydroxyl groups is 2. The summed E-state index contributed by atoms with van der Waals surface area (Å²) in [6, 6.07) is 5.81. The lowest BCUT2D eigenvalue weighted by molar-refractivity contribution is -0.170. The number of cyclic esters (lactones) is 2. The van der Waals surface area contributed by atoms with Gasteiger partial charge in [0.05, 0.1) is 11.8 Å². The second-order valence-electron chi connectivity index (χ2n) is 6.68. The Morgan fingerprint density at radius 1 is 1.04 bits per heavy atom. The maximum Gasteiger partial charge on any atom is 0.321 e. The minimum absolute atomic E-state index is 0.155. The van der Waals surface area contributed by atoms with E-state index in [1.165, 1.54) is 0 Å². The summed E-state index contributed by atoms with van der Waals surface area (Å²) < 4.78 is 9.90. The number of hydrogen-bond acceptors (Lipinski definition) is 6. The number of ether oxygens (including phenoxy) is 2. The molecule has 122 valence electrons. The number of hydrogen-bond donors (Lipinski definition) is 2. The van der Waals surface area contributed by atoms with Crippen molar-refractivity contribution < 1.29 is 29.3 Å². The summed E-state index contributed by atoms with van der Waals surface area (Å²) in [6.45, 7) is 1.93. The summed E-state index contributed by atoms with van der Waals surface area (Å²) in [7, 11) is 0. The van der Waals surface area contributed by atoms with Gasteiger partial charge in [0.25, 0.3) is 0 Å². The summed E-state index contributed by atoms with van der Waals surface area (Å²) in [6.07, 6.45) is -1.35. The lowest BCUT2D eigenvalue weighted by Crippen LogP contribution is -2.32. The highest BCUT2D eigenvalue weighted by molar-refractivity contribution is 6.00. The summed E-state index contributed by atoms with van der Waals surface area (Å²) in [4.78, 5) is 24.1. The maximum absolute atomic E-state index is 12.1. The number of rotatable bonds is 1. The van der Waals surface area contributed by atoms with E-state index in [-0.39, 0.29) is 11.8 Å². The van der Waals surface area contributed by atoms with E-state index in [9.17, 15) is 19.8 Å². The van der Waals surface area contributed by atoms with Crippen molar-refractivity contribution in [2.75, 3.05) is 0 Å². The molecule has 3 aliphatic rings. The highest BCUT2D eigenvalue weighted by Crippen LogP contribution is 2.51. The van der Waals surface area contributed by atoms with Crippen molar-refractivity contribution in [2.45, 2.75) is 44.2 Å². The Labute approximate surface area is 133 Å². The molecular formula is C17H18O6. The fourth-order valence-corrected chi connectivity index (χ4v) is 4.25. The first-order valence-electron chi connectivity index (χ1n) is 7.83. The monoisotopic (exact) mass is 318 g/mol. The Morgan fingerprint density at radius 3 is 2.52 bits per heavy atom. The molecule has 6 heteroatoms. The van der Waals surface area contributed by atoms with Gasteiger partial charge in [-0.05, 0) is 30.4 Å². The van der Waals surface area contributed by atoms with E-state index in [1.54, 1.807) is 0 Å². The molecule has 0 radical (unpaired) electrons. The number of aryl methyl sites for hydroxylation is 1. The molecule has 2 N–H and O–H groups in total. The van der Waals surface area contributed by atoms with Crippen molar-refractivity contribution in [1.82, 2.24) is 0 Å².